The molecule has 0 aromatic heterocycles. The highest BCUT2D eigenvalue weighted by atomic mass is 79.9. The molecule has 1 aliphatic carbocycles. The molecule has 1 aliphatic rings. The van der Waals surface area contributed by atoms with Gasteiger partial charge in [0.2, 0.25) is 0 Å². The highest BCUT2D eigenvalue weighted by Crippen LogP contribution is 2.43. The molecule has 2 aromatic rings. The topological polar surface area (TPSA) is 17.1 Å². The van der Waals surface area contributed by atoms with E-state index in [2.05, 4.69) is 63.7 Å². The fourth-order valence-electron chi connectivity index (χ4n) is 2.06. The standard InChI is InChI=1S/C13H4Br4O/c14-9-1-5-6-2-10(15)12(17)4-8(6)13(18)7(5)3-11(9)16/h1-4H. The summed E-state index contributed by atoms with van der Waals surface area (Å²) in [7, 11) is 0. The van der Waals surface area contributed by atoms with Gasteiger partial charge in [0.15, 0.2) is 5.78 Å². The Morgan fingerprint density at radius 2 is 0.833 bits per heavy atom. The van der Waals surface area contributed by atoms with Gasteiger partial charge in [-0.2, -0.15) is 0 Å². The molecule has 0 saturated heterocycles. The molecule has 0 unspecified atom stereocenters. The van der Waals surface area contributed by atoms with Gasteiger partial charge in [-0.15, -0.1) is 0 Å². The van der Waals surface area contributed by atoms with Gasteiger partial charge < -0.3 is 0 Å². The van der Waals surface area contributed by atoms with Crippen LogP contribution in [0, 0.1) is 0 Å². The first kappa shape index (κ1) is 13.0. The molecular formula is C13H4Br4O. The Balaban J connectivity index is 2.37. The largest absolute Gasteiger partial charge is 0.289 e. The van der Waals surface area contributed by atoms with E-state index in [4.69, 9.17) is 0 Å². The minimum atomic E-state index is 0.0707. The summed E-state index contributed by atoms with van der Waals surface area (Å²) in [6, 6.07) is 7.68. The summed E-state index contributed by atoms with van der Waals surface area (Å²) in [6.45, 7) is 0. The van der Waals surface area contributed by atoms with Gasteiger partial charge in [0, 0.05) is 29.0 Å². The molecule has 0 atom stereocenters. The van der Waals surface area contributed by atoms with E-state index in [9.17, 15) is 4.79 Å². The minimum absolute atomic E-state index is 0.0707. The minimum Gasteiger partial charge on any atom is -0.289 e. The molecule has 0 aliphatic heterocycles. The average molecular weight is 496 g/mol. The third-order valence-electron chi connectivity index (χ3n) is 2.90. The van der Waals surface area contributed by atoms with Crippen molar-refractivity contribution in [2.75, 3.05) is 0 Å². The maximum atomic E-state index is 12.3. The second-order valence-electron chi connectivity index (χ2n) is 3.95. The van der Waals surface area contributed by atoms with Crippen LogP contribution >= 0.6 is 63.7 Å². The van der Waals surface area contributed by atoms with Crippen molar-refractivity contribution in [3.05, 3.63) is 53.3 Å². The molecule has 1 nitrogen and oxygen atoms in total. The number of halogens is 4. The molecule has 0 bridgehead atoms. The van der Waals surface area contributed by atoms with Gasteiger partial charge in [-0.25, -0.2) is 0 Å². The van der Waals surface area contributed by atoms with Gasteiger partial charge >= 0.3 is 0 Å². The van der Waals surface area contributed by atoms with E-state index in [1.807, 2.05) is 24.3 Å². The summed E-state index contributed by atoms with van der Waals surface area (Å²) in [4.78, 5) is 12.3. The van der Waals surface area contributed by atoms with Crippen LogP contribution in [0.1, 0.15) is 15.9 Å². The van der Waals surface area contributed by atoms with Crippen molar-refractivity contribution in [3.63, 3.8) is 0 Å². The summed E-state index contributed by atoms with van der Waals surface area (Å²) < 4.78 is 3.67. The average Bonchev–Trinajstić information content (AvgIpc) is 2.56. The van der Waals surface area contributed by atoms with Crippen molar-refractivity contribution < 1.29 is 4.79 Å². The molecule has 0 saturated carbocycles. The van der Waals surface area contributed by atoms with Crippen LogP contribution in [-0.2, 0) is 0 Å². The highest BCUT2D eigenvalue weighted by molar-refractivity contribution is 9.13. The fourth-order valence-corrected chi connectivity index (χ4v) is 3.43. The lowest BCUT2D eigenvalue weighted by Crippen LogP contribution is -1.95. The van der Waals surface area contributed by atoms with E-state index in [0.29, 0.717) is 0 Å². The Hall–Kier alpha value is 0.0300. The molecule has 0 radical (unpaired) electrons. The first-order chi connectivity index (χ1) is 8.49. The number of ketones is 1. The zero-order chi connectivity index (χ0) is 13.0. The van der Waals surface area contributed by atoms with E-state index >= 15 is 0 Å². The normalized spacial score (nSPS) is 12.6. The molecule has 90 valence electrons. The van der Waals surface area contributed by atoms with Crippen molar-refractivity contribution >= 4 is 69.5 Å². The van der Waals surface area contributed by atoms with Crippen LogP contribution in [0.15, 0.2) is 42.2 Å². The third-order valence-corrected chi connectivity index (χ3v) is 6.59. The predicted octanol–water partition coefficient (Wildman–Crippen LogP) is 5.95. The molecule has 0 N–H and O–H groups in total. The first-order valence-electron chi connectivity index (χ1n) is 5.02. The lowest BCUT2D eigenvalue weighted by molar-refractivity contribution is 0.104. The number of fused-ring (bicyclic) bond motifs is 3. The quantitative estimate of drug-likeness (QED) is 0.377. The van der Waals surface area contributed by atoms with Gasteiger partial charge in [0.1, 0.15) is 0 Å². The number of hydrogen-bond donors (Lipinski definition) is 0. The van der Waals surface area contributed by atoms with Crippen LogP contribution in [0.2, 0.25) is 0 Å². The van der Waals surface area contributed by atoms with Gasteiger partial charge in [-0.3, -0.25) is 4.79 Å². The number of rotatable bonds is 0. The Bertz CT molecular complexity index is 647. The number of carbonyl (C=O) groups is 1. The molecule has 3 rings (SSSR count). The van der Waals surface area contributed by atoms with Gasteiger partial charge in [-0.1, -0.05) is 0 Å². The second-order valence-corrected chi connectivity index (χ2v) is 7.37. The van der Waals surface area contributed by atoms with Crippen LogP contribution in [0.3, 0.4) is 0 Å². The van der Waals surface area contributed by atoms with Crippen LogP contribution in [0.25, 0.3) is 11.1 Å². The van der Waals surface area contributed by atoms with Gasteiger partial charge in [-0.05, 0) is 99.1 Å². The van der Waals surface area contributed by atoms with E-state index in [-0.39, 0.29) is 5.78 Å². The molecule has 5 heteroatoms. The smallest absolute Gasteiger partial charge is 0.194 e. The van der Waals surface area contributed by atoms with E-state index in [0.717, 1.165) is 40.1 Å². The summed E-state index contributed by atoms with van der Waals surface area (Å²) in [6.07, 6.45) is 0. The molecule has 0 fully saturated rings. The Labute approximate surface area is 137 Å². The molecule has 0 amide bonds. The Kier molecular flexibility index (Phi) is 3.29. The van der Waals surface area contributed by atoms with Crippen molar-refractivity contribution in [3.8, 4) is 11.1 Å². The van der Waals surface area contributed by atoms with Crippen molar-refractivity contribution in [2.24, 2.45) is 0 Å². The van der Waals surface area contributed by atoms with Gasteiger partial charge in [0.05, 0.1) is 0 Å². The third kappa shape index (κ3) is 1.87. The summed E-state index contributed by atoms with van der Waals surface area (Å²) >= 11 is 13.8. The predicted molar refractivity (Wildman–Crippen MR) is 86.1 cm³/mol. The zero-order valence-corrected chi connectivity index (χ0v) is 15.1. The molecular weight excluding hydrogens is 492 g/mol. The number of hydrogen-bond acceptors (Lipinski definition) is 1. The van der Waals surface area contributed by atoms with Crippen LogP contribution in [0.4, 0.5) is 0 Å². The van der Waals surface area contributed by atoms with Crippen molar-refractivity contribution in [1.82, 2.24) is 0 Å². The summed E-state index contributed by atoms with van der Waals surface area (Å²) in [5.74, 6) is 0.0707. The lowest BCUT2D eigenvalue weighted by atomic mass is 10.1. The molecule has 0 spiro atoms. The number of benzene rings is 2. The molecule has 0 heterocycles. The Morgan fingerprint density at radius 1 is 0.556 bits per heavy atom. The fraction of sp³-hybridized carbons (Fsp3) is 0. The van der Waals surface area contributed by atoms with Crippen molar-refractivity contribution in [2.45, 2.75) is 0 Å². The van der Waals surface area contributed by atoms with Gasteiger partial charge in [0.25, 0.3) is 0 Å². The maximum Gasteiger partial charge on any atom is 0.194 e. The number of carbonyl (C=O) groups excluding carboxylic acids is 1. The molecule has 18 heavy (non-hydrogen) atoms. The van der Waals surface area contributed by atoms with Crippen LogP contribution in [0.5, 0.6) is 0 Å². The van der Waals surface area contributed by atoms with E-state index in [1.165, 1.54) is 0 Å². The van der Waals surface area contributed by atoms with Crippen LogP contribution in [-0.4, -0.2) is 5.78 Å². The lowest BCUT2D eigenvalue weighted by Gasteiger charge is -2.04. The van der Waals surface area contributed by atoms with E-state index < -0.39 is 0 Å². The van der Waals surface area contributed by atoms with E-state index in [1.54, 1.807) is 0 Å². The highest BCUT2D eigenvalue weighted by Gasteiger charge is 2.28. The summed E-state index contributed by atoms with van der Waals surface area (Å²) in [5, 5.41) is 0. The zero-order valence-electron chi connectivity index (χ0n) is 8.73. The summed E-state index contributed by atoms with van der Waals surface area (Å²) in [5.41, 5.74) is 3.42. The SMILES string of the molecule is O=C1c2cc(Br)c(Br)cc2-c2cc(Br)c(Br)cc21. The van der Waals surface area contributed by atoms with Crippen molar-refractivity contribution in [1.29, 1.82) is 0 Å². The molecule has 2 aromatic carbocycles. The second kappa shape index (κ2) is 4.54. The maximum absolute atomic E-state index is 12.3. The Morgan fingerprint density at radius 3 is 1.17 bits per heavy atom. The first-order valence-corrected chi connectivity index (χ1v) is 8.19. The monoisotopic (exact) mass is 492 g/mol. The van der Waals surface area contributed by atoms with Crippen LogP contribution < -0.4 is 0 Å².